The Kier molecular flexibility index (Phi) is 3.56. The van der Waals surface area contributed by atoms with Crippen LogP contribution in [0.2, 0.25) is 0 Å². The van der Waals surface area contributed by atoms with Crippen LogP contribution in [0.4, 0.5) is 0 Å². The number of para-hydroxylation sites is 1. The predicted octanol–water partition coefficient (Wildman–Crippen LogP) is 3.14. The van der Waals surface area contributed by atoms with Crippen molar-refractivity contribution in [1.29, 1.82) is 0 Å². The lowest BCUT2D eigenvalue weighted by Crippen LogP contribution is -2.05. The number of pyridine rings is 2. The molecule has 0 amide bonds. The van der Waals surface area contributed by atoms with Crippen molar-refractivity contribution in [3.05, 3.63) is 60.4 Å². The topological polar surface area (TPSA) is 47.0 Å². The van der Waals surface area contributed by atoms with Gasteiger partial charge in [0.2, 0.25) is 5.88 Å². The molecule has 3 aromatic rings. The molecule has 4 heteroatoms. The van der Waals surface area contributed by atoms with E-state index in [1.54, 1.807) is 12.4 Å². The largest absolute Gasteiger partial charge is 0.437 e. The smallest absolute Gasteiger partial charge is 0.219 e. The summed E-state index contributed by atoms with van der Waals surface area (Å²) in [6, 6.07) is 13.7. The lowest BCUT2D eigenvalue weighted by molar-refractivity contribution is 0.466. The summed E-state index contributed by atoms with van der Waals surface area (Å²) in [4.78, 5) is 8.62. The van der Waals surface area contributed by atoms with Crippen LogP contribution in [-0.2, 0) is 6.54 Å². The van der Waals surface area contributed by atoms with Gasteiger partial charge >= 0.3 is 0 Å². The van der Waals surface area contributed by atoms with Gasteiger partial charge in [-0.1, -0.05) is 18.2 Å². The van der Waals surface area contributed by atoms with Crippen molar-refractivity contribution in [3.8, 4) is 11.6 Å². The molecule has 2 aromatic heterocycles. The second-order valence-corrected chi connectivity index (χ2v) is 4.47. The maximum Gasteiger partial charge on any atom is 0.219 e. The molecule has 2 heterocycles. The molecule has 0 bridgehead atoms. The average Bonchev–Trinajstić information content (AvgIpc) is 2.48. The Labute approximate surface area is 117 Å². The van der Waals surface area contributed by atoms with E-state index in [0.29, 0.717) is 5.88 Å². The molecule has 100 valence electrons. The van der Waals surface area contributed by atoms with Gasteiger partial charge in [0.15, 0.2) is 5.75 Å². The Balaban J connectivity index is 1.95. The number of fused-ring (bicyclic) bond motifs is 1. The zero-order valence-corrected chi connectivity index (χ0v) is 11.2. The summed E-state index contributed by atoms with van der Waals surface area (Å²) in [6.07, 6.45) is 3.51. The van der Waals surface area contributed by atoms with Crippen LogP contribution < -0.4 is 10.1 Å². The molecule has 3 rings (SSSR count). The monoisotopic (exact) mass is 265 g/mol. The van der Waals surface area contributed by atoms with Crippen LogP contribution >= 0.6 is 0 Å². The number of benzene rings is 1. The van der Waals surface area contributed by atoms with Crippen LogP contribution in [0.1, 0.15) is 5.56 Å². The van der Waals surface area contributed by atoms with E-state index in [2.05, 4.69) is 15.3 Å². The second kappa shape index (κ2) is 5.67. The number of nitrogens with one attached hydrogen (secondary N) is 1. The third kappa shape index (κ3) is 2.60. The van der Waals surface area contributed by atoms with Gasteiger partial charge in [-0.3, -0.25) is 4.98 Å². The maximum absolute atomic E-state index is 5.88. The highest BCUT2D eigenvalue weighted by Crippen LogP contribution is 2.27. The molecule has 0 aliphatic rings. The number of ether oxygens (including phenoxy) is 1. The van der Waals surface area contributed by atoms with Crippen molar-refractivity contribution >= 4 is 10.9 Å². The zero-order valence-electron chi connectivity index (χ0n) is 11.2. The highest BCUT2D eigenvalue weighted by atomic mass is 16.5. The number of hydrogen-bond acceptors (Lipinski definition) is 4. The minimum Gasteiger partial charge on any atom is -0.437 e. The highest BCUT2D eigenvalue weighted by Gasteiger charge is 2.05. The minimum absolute atomic E-state index is 0.580. The van der Waals surface area contributed by atoms with E-state index in [9.17, 15) is 0 Å². The summed E-state index contributed by atoms with van der Waals surface area (Å²) in [7, 11) is 1.91. The van der Waals surface area contributed by atoms with Gasteiger partial charge in [-0.05, 0) is 30.8 Å². The molecule has 0 saturated heterocycles. The van der Waals surface area contributed by atoms with E-state index < -0.39 is 0 Å². The van der Waals surface area contributed by atoms with Gasteiger partial charge in [0, 0.05) is 30.4 Å². The van der Waals surface area contributed by atoms with Gasteiger partial charge in [-0.25, -0.2) is 4.98 Å². The molecule has 4 nitrogen and oxygen atoms in total. The van der Waals surface area contributed by atoms with Crippen LogP contribution in [0.3, 0.4) is 0 Å². The first kappa shape index (κ1) is 12.6. The molecule has 20 heavy (non-hydrogen) atoms. The predicted molar refractivity (Wildman–Crippen MR) is 78.8 cm³/mol. The van der Waals surface area contributed by atoms with Gasteiger partial charge in [-0.2, -0.15) is 0 Å². The highest BCUT2D eigenvalue weighted by molar-refractivity contribution is 5.84. The summed E-state index contributed by atoms with van der Waals surface area (Å²) < 4.78 is 5.88. The Hall–Kier alpha value is -2.46. The molecule has 0 saturated carbocycles. The zero-order chi connectivity index (χ0) is 13.8. The maximum atomic E-state index is 5.88. The van der Waals surface area contributed by atoms with Gasteiger partial charge in [0.05, 0.1) is 0 Å². The lowest BCUT2D eigenvalue weighted by atomic mass is 10.2. The fourth-order valence-corrected chi connectivity index (χ4v) is 2.09. The fraction of sp³-hybridized carbons (Fsp3) is 0.125. The Bertz CT molecular complexity index is 722. The average molecular weight is 265 g/mol. The van der Waals surface area contributed by atoms with Gasteiger partial charge in [-0.15, -0.1) is 0 Å². The summed E-state index contributed by atoms with van der Waals surface area (Å²) >= 11 is 0. The van der Waals surface area contributed by atoms with Crippen molar-refractivity contribution in [2.45, 2.75) is 6.54 Å². The molecule has 0 unspecified atom stereocenters. The van der Waals surface area contributed by atoms with Crippen LogP contribution in [0, 0.1) is 0 Å². The van der Waals surface area contributed by atoms with Crippen molar-refractivity contribution in [3.63, 3.8) is 0 Å². The summed E-state index contributed by atoms with van der Waals surface area (Å²) in [5.41, 5.74) is 1.97. The lowest BCUT2D eigenvalue weighted by Gasteiger charge is -2.08. The third-order valence-electron chi connectivity index (χ3n) is 2.99. The quantitative estimate of drug-likeness (QED) is 0.787. The Morgan fingerprint density at radius 1 is 1.05 bits per heavy atom. The first-order valence-electron chi connectivity index (χ1n) is 6.48. The molecule has 0 aliphatic heterocycles. The molecular formula is C16H15N3O. The van der Waals surface area contributed by atoms with Gasteiger partial charge < -0.3 is 10.1 Å². The fourth-order valence-electron chi connectivity index (χ4n) is 2.09. The third-order valence-corrected chi connectivity index (χ3v) is 2.99. The van der Waals surface area contributed by atoms with E-state index >= 15 is 0 Å². The summed E-state index contributed by atoms with van der Waals surface area (Å²) in [6.45, 7) is 0.784. The number of nitrogens with zero attached hydrogens (tertiary/aromatic N) is 2. The van der Waals surface area contributed by atoms with Crippen LogP contribution in [0.15, 0.2) is 54.9 Å². The second-order valence-electron chi connectivity index (χ2n) is 4.47. The number of aromatic nitrogens is 2. The van der Waals surface area contributed by atoms with Crippen LogP contribution in [0.5, 0.6) is 11.6 Å². The molecular weight excluding hydrogens is 250 g/mol. The molecule has 0 radical (unpaired) electrons. The van der Waals surface area contributed by atoms with E-state index in [4.69, 9.17) is 4.74 Å². The van der Waals surface area contributed by atoms with Crippen LogP contribution in [-0.4, -0.2) is 17.0 Å². The number of rotatable bonds is 4. The van der Waals surface area contributed by atoms with Crippen molar-refractivity contribution in [1.82, 2.24) is 15.3 Å². The molecule has 1 N–H and O–H groups in total. The SMILES string of the molecule is CNCc1ccnc(Oc2cccc3cccnc23)c1. The van der Waals surface area contributed by atoms with E-state index in [1.165, 1.54) is 0 Å². The first-order chi connectivity index (χ1) is 9.86. The Morgan fingerprint density at radius 3 is 2.85 bits per heavy atom. The van der Waals surface area contributed by atoms with E-state index in [-0.39, 0.29) is 0 Å². The van der Waals surface area contributed by atoms with E-state index in [0.717, 1.165) is 28.8 Å². The molecule has 0 aliphatic carbocycles. The Morgan fingerprint density at radius 2 is 1.95 bits per heavy atom. The van der Waals surface area contributed by atoms with Gasteiger partial charge in [0.1, 0.15) is 5.52 Å². The molecule has 0 fully saturated rings. The van der Waals surface area contributed by atoms with E-state index in [1.807, 2.05) is 49.5 Å². The summed E-state index contributed by atoms with van der Waals surface area (Å²) in [5.74, 6) is 1.30. The molecule has 0 spiro atoms. The number of hydrogen-bond donors (Lipinski definition) is 1. The standard InChI is InChI=1S/C16H15N3O/c1-17-11-12-7-9-18-15(10-12)20-14-6-2-4-13-5-3-8-19-16(13)14/h2-10,17H,11H2,1H3. The van der Waals surface area contributed by atoms with Crippen LogP contribution in [0.25, 0.3) is 10.9 Å². The summed E-state index contributed by atoms with van der Waals surface area (Å²) in [5, 5.41) is 4.16. The normalized spacial score (nSPS) is 10.7. The van der Waals surface area contributed by atoms with Crippen molar-refractivity contribution in [2.24, 2.45) is 0 Å². The molecule has 0 atom stereocenters. The molecule has 1 aromatic carbocycles. The van der Waals surface area contributed by atoms with Gasteiger partial charge in [0.25, 0.3) is 0 Å². The van der Waals surface area contributed by atoms with Crippen molar-refractivity contribution in [2.75, 3.05) is 7.05 Å². The first-order valence-corrected chi connectivity index (χ1v) is 6.48. The van der Waals surface area contributed by atoms with Crippen molar-refractivity contribution < 1.29 is 4.74 Å². The minimum atomic E-state index is 0.580.